The highest BCUT2D eigenvalue weighted by Gasteiger charge is 2.28. The molecule has 0 radical (unpaired) electrons. The van der Waals surface area contributed by atoms with E-state index in [1.165, 1.54) is 57.9 Å². The summed E-state index contributed by atoms with van der Waals surface area (Å²) in [4.78, 5) is 2.63. The van der Waals surface area contributed by atoms with Gasteiger partial charge < -0.3 is 4.90 Å². The summed E-state index contributed by atoms with van der Waals surface area (Å²) in [6.07, 6.45) is 11.1. The molecule has 1 saturated carbocycles. The van der Waals surface area contributed by atoms with Gasteiger partial charge in [-0.15, -0.1) is 0 Å². The summed E-state index contributed by atoms with van der Waals surface area (Å²) < 4.78 is 0. The lowest BCUT2D eigenvalue weighted by Gasteiger charge is -2.38. The minimum absolute atomic E-state index is 0.435. The van der Waals surface area contributed by atoms with Crippen molar-refractivity contribution < 1.29 is 0 Å². The van der Waals surface area contributed by atoms with Gasteiger partial charge in [0, 0.05) is 12.6 Å². The van der Waals surface area contributed by atoms with E-state index in [-0.39, 0.29) is 0 Å². The summed E-state index contributed by atoms with van der Waals surface area (Å²) in [6, 6.07) is 0.829. The Labute approximate surface area is 114 Å². The summed E-state index contributed by atoms with van der Waals surface area (Å²) in [5.41, 5.74) is 0.435. The van der Waals surface area contributed by atoms with E-state index in [4.69, 9.17) is 0 Å². The Morgan fingerprint density at radius 2 is 1.59 bits per heavy atom. The van der Waals surface area contributed by atoms with E-state index < -0.39 is 0 Å². The first kappa shape index (κ1) is 15.4. The standard InChI is InChI=1S/C15H31NS/c1-4-15(5-2,13-17)12-16(3)14-10-8-6-7-9-11-14/h14,17H,4-13H2,1-3H3. The molecule has 0 aromatic heterocycles. The molecule has 0 amide bonds. The lowest BCUT2D eigenvalue weighted by molar-refractivity contribution is 0.133. The maximum absolute atomic E-state index is 4.59. The topological polar surface area (TPSA) is 3.24 Å². The highest BCUT2D eigenvalue weighted by molar-refractivity contribution is 7.80. The van der Waals surface area contributed by atoms with Gasteiger partial charge in [-0.05, 0) is 43.9 Å². The van der Waals surface area contributed by atoms with Crippen molar-refractivity contribution in [3.63, 3.8) is 0 Å². The van der Waals surface area contributed by atoms with Crippen molar-refractivity contribution in [1.82, 2.24) is 4.90 Å². The van der Waals surface area contributed by atoms with Gasteiger partial charge in [0.1, 0.15) is 0 Å². The lowest BCUT2D eigenvalue weighted by Crippen LogP contribution is -2.41. The van der Waals surface area contributed by atoms with Crippen molar-refractivity contribution in [2.24, 2.45) is 5.41 Å². The molecule has 0 aliphatic heterocycles. The van der Waals surface area contributed by atoms with Crippen molar-refractivity contribution in [3.05, 3.63) is 0 Å². The monoisotopic (exact) mass is 257 g/mol. The van der Waals surface area contributed by atoms with Gasteiger partial charge in [0.15, 0.2) is 0 Å². The summed E-state index contributed by atoms with van der Waals surface area (Å²) >= 11 is 4.59. The van der Waals surface area contributed by atoms with Gasteiger partial charge in [-0.1, -0.05) is 39.5 Å². The molecule has 1 rings (SSSR count). The minimum atomic E-state index is 0.435. The lowest BCUT2D eigenvalue weighted by atomic mass is 9.83. The molecule has 0 atom stereocenters. The Bertz CT molecular complexity index is 185. The van der Waals surface area contributed by atoms with Gasteiger partial charge in [-0.2, -0.15) is 12.6 Å². The zero-order chi connectivity index (χ0) is 12.7. The molecule has 0 aromatic rings. The number of rotatable bonds is 6. The summed E-state index contributed by atoms with van der Waals surface area (Å²) in [7, 11) is 2.33. The third-order valence-corrected chi connectivity index (χ3v) is 5.54. The molecule has 1 aliphatic rings. The molecule has 0 N–H and O–H groups in total. The predicted molar refractivity (Wildman–Crippen MR) is 81.0 cm³/mol. The summed E-state index contributed by atoms with van der Waals surface area (Å²) in [6.45, 7) is 5.87. The second kappa shape index (κ2) is 7.68. The first-order valence-electron chi connectivity index (χ1n) is 7.48. The van der Waals surface area contributed by atoms with Crippen LogP contribution in [0.5, 0.6) is 0 Å². The third kappa shape index (κ3) is 4.48. The van der Waals surface area contributed by atoms with Crippen LogP contribution >= 0.6 is 12.6 Å². The highest BCUT2D eigenvalue weighted by atomic mass is 32.1. The fraction of sp³-hybridized carbons (Fsp3) is 1.00. The van der Waals surface area contributed by atoms with Crippen LogP contribution in [-0.2, 0) is 0 Å². The molecule has 1 fully saturated rings. The fourth-order valence-electron chi connectivity index (χ4n) is 3.10. The highest BCUT2D eigenvalue weighted by Crippen LogP contribution is 2.31. The quantitative estimate of drug-likeness (QED) is 0.546. The van der Waals surface area contributed by atoms with Crippen molar-refractivity contribution in [2.75, 3.05) is 19.3 Å². The van der Waals surface area contributed by atoms with E-state index in [9.17, 15) is 0 Å². The first-order valence-corrected chi connectivity index (χ1v) is 8.12. The Morgan fingerprint density at radius 3 is 2.00 bits per heavy atom. The van der Waals surface area contributed by atoms with Crippen molar-refractivity contribution in [2.45, 2.75) is 71.3 Å². The third-order valence-electron chi connectivity index (χ3n) is 4.87. The van der Waals surface area contributed by atoms with E-state index in [1.54, 1.807) is 0 Å². The van der Waals surface area contributed by atoms with Crippen LogP contribution in [0.4, 0.5) is 0 Å². The molecular weight excluding hydrogens is 226 g/mol. The predicted octanol–water partition coefficient (Wildman–Crippen LogP) is 4.38. The van der Waals surface area contributed by atoms with Crippen LogP contribution in [0.3, 0.4) is 0 Å². The molecule has 0 heterocycles. The second-order valence-corrected chi connectivity index (χ2v) is 6.24. The summed E-state index contributed by atoms with van der Waals surface area (Å²) in [5.74, 6) is 1.02. The van der Waals surface area contributed by atoms with E-state index in [1.807, 2.05) is 0 Å². The largest absolute Gasteiger partial charge is 0.303 e. The Morgan fingerprint density at radius 1 is 1.06 bits per heavy atom. The molecule has 0 bridgehead atoms. The molecule has 17 heavy (non-hydrogen) atoms. The van der Waals surface area contributed by atoms with E-state index in [2.05, 4.69) is 38.4 Å². The fourth-order valence-corrected chi connectivity index (χ4v) is 3.65. The average molecular weight is 257 g/mol. The van der Waals surface area contributed by atoms with Crippen LogP contribution < -0.4 is 0 Å². The number of hydrogen-bond acceptors (Lipinski definition) is 2. The molecule has 0 spiro atoms. The Kier molecular flexibility index (Phi) is 6.94. The molecule has 2 heteroatoms. The number of nitrogens with zero attached hydrogens (tertiary/aromatic N) is 1. The second-order valence-electron chi connectivity index (χ2n) is 5.93. The number of hydrogen-bond donors (Lipinski definition) is 1. The minimum Gasteiger partial charge on any atom is -0.303 e. The van der Waals surface area contributed by atoms with Gasteiger partial charge in [0.2, 0.25) is 0 Å². The van der Waals surface area contributed by atoms with Gasteiger partial charge >= 0.3 is 0 Å². The van der Waals surface area contributed by atoms with Crippen LogP contribution in [0.15, 0.2) is 0 Å². The normalized spacial score (nSPS) is 19.6. The zero-order valence-electron chi connectivity index (χ0n) is 12.0. The molecular formula is C15H31NS. The zero-order valence-corrected chi connectivity index (χ0v) is 12.9. The summed E-state index contributed by atoms with van der Waals surface area (Å²) in [5, 5.41) is 0. The Balaban J connectivity index is 2.52. The van der Waals surface area contributed by atoms with Gasteiger partial charge in [-0.3, -0.25) is 0 Å². The van der Waals surface area contributed by atoms with Gasteiger partial charge in [-0.25, -0.2) is 0 Å². The van der Waals surface area contributed by atoms with Crippen LogP contribution in [0.25, 0.3) is 0 Å². The van der Waals surface area contributed by atoms with Gasteiger partial charge in [0.25, 0.3) is 0 Å². The van der Waals surface area contributed by atoms with Crippen LogP contribution in [0.1, 0.15) is 65.2 Å². The maximum atomic E-state index is 4.59. The maximum Gasteiger partial charge on any atom is 0.00924 e. The smallest absolute Gasteiger partial charge is 0.00924 e. The van der Waals surface area contributed by atoms with Crippen LogP contribution in [0.2, 0.25) is 0 Å². The molecule has 1 aliphatic carbocycles. The molecule has 102 valence electrons. The van der Waals surface area contributed by atoms with Crippen LogP contribution in [-0.4, -0.2) is 30.3 Å². The SMILES string of the molecule is CCC(CC)(CS)CN(C)C1CCCCCC1. The Hall–Kier alpha value is 0.310. The van der Waals surface area contributed by atoms with E-state index >= 15 is 0 Å². The molecule has 0 unspecified atom stereocenters. The first-order chi connectivity index (χ1) is 8.17. The molecule has 0 aromatic carbocycles. The average Bonchev–Trinajstić information content (AvgIpc) is 2.65. The molecule has 1 nitrogen and oxygen atoms in total. The van der Waals surface area contributed by atoms with Crippen molar-refractivity contribution in [3.8, 4) is 0 Å². The van der Waals surface area contributed by atoms with Crippen LogP contribution in [0, 0.1) is 5.41 Å². The van der Waals surface area contributed by atoms with Crippen molar-refractivity contribution >= 4 is 12.6 Å². The molecule has 0 saturated heterocycles. The number of thiol groups is 1. The van der Waals surface area contributed by atoms with E-state index in [0.29, 0.717) is 5.41 Å². The van der Waals surface area contributed by atoms with E-state index in [0.717, 1.165) is 11.8 Å². The van der Waals surface area contributed by atoms with Crippen molar-refractivity contribution in [1.29, 1.82) is 0 Å². The van der Waals surface area contributed by atoms with Gasteiger partial charge in [0.05, 0.1) is 0 Å².